The van der Waals surface area contributed by atoms with Crippen molar-refractivity contribution < 1.29 is 0 Å². The number of rotatable bonds is 4. The third-order valence-electron chi connectivity index (χ3n) is 2.65. The minimum absolute atomic E-state index is 0.149. The summed E-state index contributed by atoms with van der Waals surface area (Å²) in [7, 11) is 0. The van der Waals surface area contributed by atoms with Gasteiger partial charge in [0.05, 0.1) is 10.5 Å². The summed E-state index contributed by atoms with van der Waals surface area (Å²) in [6.07, 6.45) is 6.34. The van der Waals surface area contributed by atoms with E-state index < -0.39 is 0 Å². The van der Waals surface area contributed by atoms with E-state index in [-0.39, 0.29) is 6.04 Å². The average Bonchev–Trinajstić information content (AvgIpc) is 2.85. The number of nitrogens with one attached hydrogen (secondary N) is 2. The Morgan fingerprint density at radius 3 is 2.88 bits per heavy atom. The summed E-state index contributed by atoms with van der Waals surface area (Å²) in [5, 5.41) is 3.39. The van der Waals surface area contributed by atoms with Crippen molar-refractivity contribution in [2.45, 2.75) is 26.3 Å². The van der Waals surface area contributed by atoms with Crippen molar-refractivity contribution in [1.82, 2.24) is 15.0 Å². The summed E-state index contributed by atoms with van der Waals surface area (Å²) in [4.78, 5) is 11.7. The number of hydrogen-bond acceptors (Lipinski definition) is 3. The van der Waals surface area contributed by atoms with Gasteiger partial charge in [-0.05, 0) is 40.9 Å². The highest BCUT2D eigenvalue weighted by molar-refractivity contribution is 9.10. The maximum absolute atomic E-state index is 4.34. The molecule has 0 spiro atoms. The molecule has 0 aliphatic carbocycles. The predicted octanol–water partition coefficient (Wildman–Crippen LogP) is 3.44. The number of aryl methyl sites for hydroxylation is 1. The first-order valence-electron chi connectivity index (χ1n) is 5.59. The molecule has 0 saturated heterocycles. The number of aromatic nitrogens is 3. The zero-order chi connectivity index (χ0) is 12.3. The lowest BCUT2D eigenvalue weighted by atomic mass is 10.2. The van der Waals surface area contributed by atoms with E-state index in [4.69, 9.17) is 0 Å². The van der Waals surface area contributed by atoms with E-state index in [9.17, 15) is 0 Å². The first-order chi connectivity index (χ1) is 8.22. The molecule has 2 heterocycles. The molecule has 1 atom stereocenters. The van der Waals surface area contributed by atoms with Gasteiger partial charge in [-0.2, -0.15) is 0 Å². The minimum atomic E-state index is 0.149. The molecule has 0 fully saturated rings. The zero-order valence-corrected chi connectivity index (χ0v) is 11.5. The fraction of sp³-hybridized carbons (Fsp3) is 0.333. The van der Waals surface area contributed by atoms with Crippen molar-refractivity contribution in [3.8, 4) is 0 Å². The first kappa shape index (κ1) is 12.1. The minimum Gasteiger partial charge on any atom is -0.359 e. The standard InChI is InChI=1S/C12H15BrN4/c1-3-9(11-15-6-7-16-11)17-12-10(13)8(2)4-5-14-12/h4-7,9H,3H2,1-2H3,(H,14,17)(H,15,16). The molecule has 0 amide bonds. The molecule has 17 heavy (non-hydrogen) atoms. The molecule has 0 aliphatic rings. The van der Waals surface area contributed by atoms with Gasteiger partial charge in [0.25, 0.3) is 0 Å². The molecule has 90 valence electrons. The second-order valence-electron chi connectivity index (χ2n) is 3.87. The second kappa shape index (κ2) is 5.31. The van der Waals surface area contributed by atoms with Gasteiger partial charge >= 0.3 is 0 Å². The lowest BCUT2D eigenvalue weighted by molar-refractivity contribution is 0.699. The van der Waals surface area contributed by atoms with Crippen molar-refractivity contribution in [3.05, 3.63) is 40.5 Å². The summed E-state index contributed by atoms with van der Waals surface area (Å²) in [5.74, 6) is 1.79. The number of aromatic amines is 1. The molecule has 2 aromatic rings. The molecule has 0 aromatic carbocycles. The molecular formula is C12H15BrN4. The summed E-state index contributed by atoms with van der Waals surface area (Å²) in [6, 6.07) is 2.12. The van der Waals surface area contributed by atoms with Crippen molar-refractivity contribution in [2.75, 3.05) is 5.32 Å². The third-order valence-corrected chi connectivity index (χ3v) is 3.65. The van der Waals surface area contributed by atoms with E-state index in [0.29, 0.717) is 0 Å². The molecule has 0 radical (unpaired) electrons. The van der Waals surface area contributed by atoms with Crippen LogP contribution in [0.2, 0.25) is 0 Å². The van der Waals surface area contributed by atoms with E-state index in [1.807, 2.05) is 19.2 Å². The van der Waals surface area contributed by atoms with Gasteiger partial charge in [0.15, 0.2) is 0 Å². The molecule has 0 bridgehead atoms. The fourth-order valence-electron chi connectivity index (χ4n) is 1.64. The van der Waals surface area contributed by atoms with Crippen LogP contribution in [0.4, 0.5) is 5.82 Å². The van der Waals surface area contributed by atoms with E-state index in [2.05, 4.69) is 43.1 Å². The molecule has 4 nitrogen and oxygen atoms in total. The maximum Gasteiger partial charge on any atom is 0.141 e. The Labute approximate surface area is 109 Å². The zero-order valence-electron chi connectivity index (χ0n) is 9.87. The molecule has 1 unspecified atom stereocenters. The van der Waals surface area contributed by atoms with Gasteiger partial charge in [-0.3, -0.25) is 0 Å². The molecule has 2 N–H and O–H groups in total. The van der Waals surface area contributed by atoms with Crippen LogP contribution in [0, 0.1) is 6.92 Å². The number of imidazole rings is 1. The van der Waals surface area contributed by atoms with Crippen LogP contribution in [0.1, 0.15) is 30.8 Å². The average molecular weight is 295 g/mol. The van der Waals surface area contributed by atoms with Crippen LogP contribution in [0.15, 0.2) is 29.1 Å². The molecule has 5 heteroatoms. The monoisotopic (exact) mass is 294 g/mol. The molecule has 0 aliphatic heterocycles. The SMILES string of the molecule is CCC(Nc1nccc(C)c1Br)c1ncc[nH]1. The highest BCUT2D eigenvalue weighted by Crippen LogP contribution is 2.27. The van der Waals surface area contributed by atoms with Crippen molar-refractivity contribution >= 4 is 21.7 Å². The molecule has 2 rings (SSSR count). The maximum atomic E-state index is 4.34. The molecule has 0 saturated carbocycles. The van der Waals surface area contributed by atoms with Crippen LogP contribution >= 0.6 is 15.9 Å². The lowest BCUT2D eigenvalue weighted by Crippen LogP contribution is -2.13. The number of pyridine rings is 1. The van der Waals surface area contributed by atoms with Gasteiger partial charge in [-0.15, -0.1) is 0 Å². The van der Waals surface area contributed by atoms with Crippen LogP contribution in [0.25, 0.3) is 0 Å². The topological polar surface area (TPSA) is 53.6 Å². The molecule has 2 aromatic heterocycles. The Kier molecular flexibility index (Phi) is 3.78. The van der Waals surface area contributed by atoms with Gasteiger partial charge in [0.1, 0.15) is 11.6 Å². The number of anilines is 1. The van der Waals surface area contributed by atoms with Gasteiger partial charge < -0.3 is 10.3 Å². The van der Waals surface area contributed by atoms with E-state index in [0.717, 1.165) is 28.1 Å². The Morgan fingerprint density at radius 2 is 2.24 bits per heavy atom. The van der Waals surface area contributed by atoms with Crippen LogP contribution in [0.5, 0.6) is 0 Å². The summed E-state index contributed by atoms with van der Waals surface area (Å²) in [6.45, 7) is 4.16. The Hall–Kier alpha value is -1.36. The quantitative estimate of drug-likeness (QED) is 0.908. The summed E-state index contributed by atoms with van der Waals surface area (Å²) >= 11 is 3.55. The summed E-state index contributed by atoms with van der Waals surface area (Å²) < 4.78 is 1.00. The first-order valence-corrected chi connectivity index (χ1v) is 6.38. The van der Waals surface area contributed by atoms with Crippen LogP contribution in [0.3, 0.4) is 0 Å². The Morgan fingerprint density at radius 1 is 1.41 bits per heavy atom. The van der Waals surface area contributed by atoms with E-state index in [1.165, 1.54) is 0 Å². The number of nitrogens with zero attached hydrogens (tertiary/aromatic N) is 2. The van der Waals surface area contributed by atoms with Gasteiger partial charge in [0.2, 0.25) is 0 Å². The smallest absolute Gasteiger partial charge is 0.141 e. The lowest BCUT2D eigenvalue weighted by Gasteiger charge is -2.16. The van der Waals surface area contributed by atoms with E-state index in [1.54, 1.807) is 12.4 Å². The Bertz CT molecular complexity index is 481. The van der Waals surface area contributed by atoms with E-state index >= 15 is 0 Å². The highest BCUT2D eigenvalue weighted by Gasteiger charge is 2.14. The van der Waals surface area contributed by atoms with Crippen LogP contribution < -0.4 is 5.32 Å². The highest BCUT2D eigenvalue weighted by atomic mass is 79.9. The van der Waals surface area contributed by atoms with Gasteiger partial charge in [-0.1, -0.05) is 6.92 Å². The van der Waals surface area contributed by atoms with Crippen molar-refractivity contribution in [3.63, 3.8) is 0 Å². The Balaban J connectivity index is 2.22. The van der Waals surface area contributed by atoms with Crippen molar-refractivity contribution in [2.24, 2.45) is 0 Å². The molecular weight excluding hydrogens is 280 g/mol. The second-order valence-corrected chi connectivity index (χ2v) is 4.66. The predicted molar refractivity (Wildman–Crippen MR) is 71.9 cm³/mol. The van der Waals surface area contributed by atoms with Crippen LogP contribution in [-0.4, -0.2) is 15.0 Å². The van der Waals surface area contributed by atoms with Crippen molar-refractivity contribution in [1.29, 1.82) is 0 Å². The summed E-state index contributed by atoms with van der Waals surface area (Å²) in [5.41, 5.74) is 1.16. The number of H-pyrrole nitrogens is 1. The largest absolute Gasteiger partial charge is 0.359 e. The fourth-order valence-corrected chi connectivity index (χ4v) is 1.99. The number of hydrogen-bond donors (Lipinski definition) is 2. The van der Waals surface area contributed by atoms with Gasteiger partial charge in [-0.25, -0.2) is 9.97 Å². The normalized spacial score (nSPS) is 12.4. The van der Waals surface area contributed by atoms with Crippen LogP contribution in [-0.2, 0) is 0 Å². The van der Waals surface area contributed by atoms with Gasteiger partial charge in [0, 0.05) is 18.6 Å². The number of halogens is 1. The third kappa shape index (κ3) is 2.66.